The first-order chi connectivity index (χ1) is 6.74. The minimum Gasteiger partial charge on any atom is -0.481 e. The third-order valence-corrected chi connectivity index (χ3v) is 2.65. The van der Waals surface area contributed by atoms with Crippen molar-refractivity contribution in [3.63, 3.8) is 0 Å². The van der Waals surface area contributed by atoms with Gasteiger partial charge in [-0.1, -0.05) is 13.3 Å². The maximum absolute atomic E-state index is 10.9. The number of unbranched alkanes of at least 4 members (excludes halogenated alkanes) is 1. The summed E-state index contributed by atoms with van der Waals surface area (Å²) in [5, 5.41) is 12.1. The van der Waals surface area contributed by atoms with Gasteiger partial charge in [-0.15, -0.1) is 0 Å². The Bertz CT molecular complexity index is 185. The fraction of sp³-hybridized carbons (Fsp3) is 0.900. The van der Waals surface area contributed by atoms with E-state index in [0.29, 0.717) is 13.1 Å². The van der Waals surface area contributed by atoms with Crippen LogP contribution < -0.4 is 5.32 Å². The van der Waals surface area contributed by atoms with E-state index in [1.54, 1.807) is 0 Å². The highest BCUT2D eigenvalue weighted by Crippen LogP contribution is 2.05. The van der Waals surface area contributed by atoms with Crippen molar-refractivity contribution >= 4 is 5.97 Å². The van der Waals surface area contributed by atoms with Gasteiger partial charge in [-0.2, -0.15) is 0 Å². The molecule has 1 atom stereocenters. The number of nitrogens with zero attached hydrogens (tertiary/aromatic N) is 1. The van der Waals surface area contributed by atoms with E-state index < -0.39 is 5.97 Å². The summed E-state index contributed by atoms with van der Waals surface area (Å²) in [7, 11) is 0. The molecule has 0 bridgehead atoms. The molecule has 0 aliphatic carbocycles. The van der Waals surface area contributed by atoms with Gasteiger partial charge in [-0.3, -0.25) is 4.79 Å². The van der Waals surface area contributed by atoms with Crippen molar-refractivity contribution in [2.45, 2.75) is 19.8 Å². The Hall–Kier alpha value is -0.610. The predicted molar refractivity (Wildman–Crippen MR) is 55.3 cm³/mol. The molecule has 4 nitrogen and oxygen atoms in total. The Morgan fingerprint density at radius 1 is 1.64 bits per heavy atom. The van der Waals surface area contributed by atoms with E-state index in [1.807, 2.05) is 0 Å². The van der Waals surface area contributed by atoms with Crippen LogP contribution in [0.25, 0.3) is 0 Å². The number of hydrogen-bond acceptors (Lipinski definition) is 3. The molecule has 0 saturated carbocycles. The van der Waals surface area contributed by atoms with Crippen LogP contribution in [0.1, 0.15) is 19.8 Å². The van der Waals surface area contributed by atoms with Crippen LogP contribution in [0.15, 0.2) is 0 Å². The van der Waals surface area contributed by atoms with E-state index in [-0.39, 0.29) is 5.92 Å². The summed E-state index contributed by atoms with van der Waals surface area (Å²) in [6.07, 6.45) is 2.33. The van der Waals surface area contributed by atoms with E-state index in [2.05, 4.69) is 17.1 Å². The molecule has 1 unspecified atom stereocenters. The normalized spacial score (nSPS) is 24.5. The van der Waals surface area contributed by atoms with Crippen LogP contribution in [0, 0.1) is 5.92 Å². The second kappa shape index (κ2) is 5.98. The zero-order valence-corrected chi connectivity index (χ0v) is 8.83. The van der Waals surface area contributed by atoms with Crippen LogP contribution in [-0.2, 0) is 4.79 Å². The Balaban J connectivity index is 2.38. The molecule has 1 rings (SSSR count). The second-order valence-electron chi connectivity index (χ2n) is 3.89. The average Bonchev–Trinajstić information content (AvgIpc) is 2.39. The molecule has 0 amide bonds. The molecule has 1 heterocycles. The molecule has 4 heteroatoms. The number of carboxylic acids is 1. The summed E-state index contributed by atoms with van der Waals surface area (Å²) >= 11 is 0. The fourth-order valence-electron chi connectivity index (χ4n) is 1.73. The zero-order chi connectivity index (χ0) is 10.4. The van der Waals surface area contributed by atoms with Crippen LogP contribution >= 0.6 is 0 Å². The molecule has 0 aromatic rings. The quantitative estimate of drug-likeness (QED) is 0.689. The molecular weight excluding hydrogens is 180 g/mol. The summed E-state index contributed by atoms with van der Waals surface area (Å²) in [5.41, 5.74) is 0. The predicted octanol–water partition coefficient (Wildman–Crippen LogP) is 0.393. The molecule has 1 saturated heterocycles. The lowest BCUT2D eigenvalue weighted by atomic mass is 10.1. The molecule has 0 spiro atoms. The first-order valence-corrected chi connectivity index (χ1v) is 5.40. The Morgan fingerprint density at radius 2 is 2.43 bits per heavy atom. The van der Waals surface area contributed by atoms with Gasteiger partial charge in [0.1, 0.15) is 0 Å². The molecule has 0 aromatic heterocycles. The summed E-state index contributed by atoms with van der Waals surface area (Å²) in [5.74, 6) is -0.921. The smallest absolute Gasteiger partial charge is 0.309 e. The van der Waals surface area contributed by atoms with Crippen molar-refractivity contribution in [2.24, 2.45) is 5.92 Å². The highest BCUT2D eigenvalue weighted by Gasteiger charge is 2.22. The number of hydrogen-bond donors (Lipinski definition) is 2. The van der Waals surface area contributed by atoms with Gasteiger partial charge in [-0.05, 0) is 13.0 Å². The van der Waals surface area contributed by atoms with Crippen molar-refractivity contribution < 1.29 is 9.90 Å². The molecular formula is C10H20N2O2. The highest BCUT2D eigenvalue weighted by molar-refractivity contribution is 5.70. The van der Waals surface area contributed by atoms with Gasteiger partial charge in [-0.25, -0.2) is 0 Å². The van der Waals surface area contributed by atoms with E-state index in [4.69, 9.17) is 5.11 Å². The van der Waals surface area contributed by atoms with E-state index in [1.165, 1.54) is 6.42 Å². The Morgan fingerprint density at radius 3 is 3.07 bits per heavy atom. The lowest BCUT2D eigenvalue weighted by Crippen LogP contribution is -2.34. The van der Waals surface area contributed by atoms with E-state index >= 15 is 0 Å². The monoisotopic (exact) mass is 200 g/mol. The maximum Gasteiger partial charge on any atom is 0.309 e. The molecule has 2 N–H and O–H groups in total. The van der Waals surface area contributed by atoms with Gasteiger partial charge in [0.05, 0.1) is 5.92 Å². The third kappa shape index (κ3) is 3.64. The molecule has 1 aliphatic heterocycles. The zero-order valence-electron chi connectivity index (χ0n) is 8.83. The minimum absolute atomic E-state index is 0.241. The van der Waals surface area contributed by atoms with Crippen molar-refractivity contribution in [1.82, 2.24) is 10.2 Å². The van der Waals surface area contributed by atoms with Crippen LogP contribution in [0.5, 0.6) is 0 Å². The number of carboxylic acid groups (broad SMARTS) is 1. The first-order valence-electron chi connectivity index (χ1n) is 5.40. The Kier molecular flexibility index (Phi) is 4.90. The van der Waals surface area contributed by atoms with Crippen molar-refractivity contribution in [3.05, 3.63) is 0 Å². The van der Waals surface area contributed by atoms with Crippen molar-refractivity contribution in [2.75, 3.05) is 32.7 Å². The number of aliphatic carboxylic acids is 1. The lowest BCUT2D eigenvalue weighted by molar-refractivity contribution is -0.141. The highest BCUT2D eigenvalue weighted by atomic mass is 16.4. The van der Waals surface area contributed by atoms with Gasteiger partial charge in [0.15, 0.2) is 0 Å². The molecule has 1 aliphatic rings. The van der Waals surface area contributed by atoms with Gasteiger partial charge in [0.2, 0.25) is 0 Å². The van der Waals surface area contributed by atoms with E-state index in [0.717, 1.165) is 26.1 Å². The third-order valence-electron chi connectivity index (χ3n) is 2.65. The summed E-state index contributed by atoms with van der Waals surface area (Å²) in [6.45, 7) is 6.38. The first kappa shape index (κ1) is 11.5. The lowest BCUT2D eigenvalue weighted by Gasteiger charge is -2.21. The average molecular weight is 200 g/mol. The molecule has 0 aromatic carbocycles. The van der Waals surface area contributed by atoms with Crippen LogP contribution in [0.3, 0.4) is 0 Å². The molecule has 14 heavy (non-hydrogen) atoms. The largest absolute Gasteiger partial charge is 0.481 e. The van der Waals surface area contributed by atoms with Crippen LogP contribution in [0.2, 0.25) is 0 Å². The number of rotatable bonds is 4. The second-order valence-corrected chi connectivity index (χ2v) is 3.89. The van der Waals surface area contributed by atoms with Crippen molar-refractivity contribution in [1.29, 1.82) is 0 Å². The minimum atomic E-state index is -0.680. The molecule has 82 valence electrons. The molecule has 0 radical (unpaired) electrons. The summed E-state index contributed by atoms with van der Waals surface area (Å²) in [6, 6.07) is 0. The van der Waals surface area contributed by atoms with Gasteiger partial charge in [0, 0.05) is 26.2 Å². The number of carbonyl (C=O) groups is 1. The molecule has 1 fully saturated rings. The SMILES string of the molecule is CCCCN1CCNCC(C(=O)O)C1. The standard InChI is InChI=1S/C10H20N2O2/c1-2-3-5-12-6-4-11-7-9(8-12)10(13)14/h9,11H,2-8H2,1H3,(H,13,14). The van der Waals surface area contributed by atoms with Gasteiger partial charge in [0.25, 0.3) is 0 Å². The number of nitrogens with one attached hydrogen (secondary N) is 1. The Labute approximate surface area is 85.3 Å². The summed E-state index contributed by atoms with van der Waals surface area (Å²) < 4.78 is 0. The van der Waals surface area contributed by atoms with Crippen LogP contribution in [0.4, 0.5) is 0 Å². The van der Waals surface area contributed by atoms with Gasteiger partial charge >= 0.3 is 5.97 Å². The fourth-order valence-corrected chi connectivity index (χ4v) is 1.73. The maximum atomic E-state index is 10.9. The van der Waals surface area contributed by atoms with Crippen LogP contribution in [-0.4, -0.2) is 48.7 Å². The van der Waals surface area contributed by atoms with E-state index in [9.17, 15) is 4.79 Å². The van der Waals surface area contributed by atoms with Crippen molar-refractivity contribution in [3.8, 4) is 0 Å². The summed E-state index contributed by atoms with van der Waals surface area (Å²) in [4.78, 5) is 13.1. The topological polar surface area (TPSA) is 52.6 Å². The van der Waals surface area contributed by atoms with Gasteiger partial charge < -0.3 is 15.3 Å².